The summed E-state index contributed by atoms with van der Waals surface area (Å²) >= 11 is 0. The Balaban J connectivity index is -0.000000216. The molecule has 0 spiro atoms. The summed E-state index contributed by atoms with van der Waals surface area (Å²) < 4.78 is 0. The third-order valence-electron chi connectivity index (χ3n) is 2.12. The number of unbranched alkanes of at least 4 members (excludes halogenated alkanes) is 1. The molecule has 0 radical (unpaired) electrons. The molecule has 0 bridgehead atoms. The monoisotopic (exact) mass is 346 g/mol. The average Bonchev–Trinajstić information content (AvgIpc) is 2.90. The minimum atomic E-state index is 0. The number of rotatable bonds is 3. The Morgan fingerprint density at radius 2 is 1.88 bits per heavy atom. The number of halogens is 2. The van der Waals surface area contributed by atoms with Crippen LogP contribution in [0.4, 0.5) is 0 Å². The van der Waals surface area contributed by atoms with Gasteiger partial charge in [-0.05, 0) is 0 Å². The van der Waals surface area contributed by atoms with Crippen molar-refractivity contribution in [2.75, 3.05) is 0 Å². The molecule has 0 amide bonds. The van der Waals surface area contributed by atoms with Gasteiger partial charge in [0.2, 0.25) is 0 Å². The van der Waals surface area contributed by atoms with Gasteiger partial charge in [-0.3, -0.25) is 6.08 Å². The van der Waals surface area contributed by atoms with Crippen LogP contribution in [0.1, 0.15) is 32.6 Å². The van der Waals surface area contributed by atoms with E-state index in [4.69, 9.17) is 0 Å². The fourth-order valence-corrected chi connectivity index (χ4v) is 1.31. The second kappa shape index (κ2) is 16.3. The van der Waals surface area contributed by atoms with E-state index >= 15 is 0 Å². The third-order valence-corrected chi connectivity index (χ3v) is 2.12. The largest absolute Gasteiger partial charge is 4.00 e. The Hall–Kier alpha value is 0.293. The molecule has 1 aromatic carbocycles. The fraction of sp³-hybridized carbons (Fsp3) is 0.357. The first-order valence-electron chi connectivity index (χ1n) is 5.36. The van der Waals surface area contributed by atoms with Crippen molar-refractivity contribution in [1.82, 2.24) is 0 Å². The smallest absolute Gasteiger partial charge is 1.00 e. The average molecular weight is 348 g/mol. The van der Waals surface area contributed by atoms with E-state index in [1.807, 2.05) is 30.3 Å². The molecule has 0 heterocycles. The molecule has 0 aliphatic heterocycles. The van der Waals surface area contributed by atoms with Gasteiger partial charge in [0.1, 0.15) is 0 Å². The van der Waals surface area contributed by atoms with Crippen molar-refractivity contribution >= 4 is 0 Å². The van der Waals surface area contributed by atoms with Crippen LogP contribution in [0.5, 0.6) is 0 Å². The van der Waals surface area contributed by atoms with Crippen LogP contribution in [0.3, 0.4) is 0 Å². The molecule has 0 unspecified atom stereocenters. The molecule has 0 fully saturated rings. The molecule has 0 saturated heterocycles. The predicted octanol–water partition coefficient (Wildman–Crippen LogP) is -1.72. The second-order valence-corrected chi connectivity index (χ2v) is 3.37. The van der Waals surface area contributed by atoms with Crippen LogP contribution in [-0.4, -0.2) is 0 Å². The molecule has 1 aliphatic rings. The van der Waals surface area contributed by atoms with E-state index < -0.39 is 0 Å². The van der Waals surface area contributed by atoms with Crippen LogP contribution < -0.4 is 24.8 Å². The summed E-state index contributed by atoms with van der Waals surface area (Å²) in [6.07, 6.45) is 12.5. The second-order valence-electron chi connectivity index (χ2n) is 3.37. The van der Waals surface area contributed by atoms with E-state index in [9.17, 15) is 0 Å². The molecule has 0 atom stereocenters. The summed E-state index contributed by atoms with van der Waals surface area (Å²) in [5, 5.41) is 0. The zero-order valence-electron chi connectivity index (χ0n) is 10.1. The van der Waals surface area contributed by atoms with Gasteiger partial charge in [0.05, 0.1) is 0 Å². The molecular formula is C14H18Cl2Zr. The van der Waals surface area contributed by atoms with Gasteiger partial charge >= 0.3 is 26.2 Å². The fourth-order valence-electron chi connectivity index (χ4n) is 1.31. The maximum Gasteiger partial charge on any atom is 4.00 e. The van der Waals surface area contributed by atoms with Crippen molar-refractivity contribution in [3.8, 4) is 0 Å². The Morgan fingerprint density at radius 3 is 2.24 bits per heavy atom. The van der Waals surface area contributed by atoms with Gasteiger partial charge in [0, 0.05) is 0 Å². The minimum Gasteiger partial charge on any atom is -1.00 e. The predicted molar refractivity (Wildman–Crippen MR) is 62.1 cm³/mol. The van der Waals surface area contributed by atoms with E-state index in [0.29, 0.717) is 0 Å². The first-order chi connectivity index (χ1) is 6.93. The summed E-state index contributed by atoms with van der Waals surface area (Å²) in [5.41, 5.74) is 1.41. The van der Waals surface area contributed by atoms with E-state index in [1.165, 1.54) is 24.8 Å². The topological polar surface area (TPSA) is 0 Å². The molecule has 0 saturated carbocycles. The minimum absolute atomic E-state index is 0. The van der Waals surface area contributed by atoms with Crippen molar-refractivity contribution < 1.29 is 51.0 Å². The zero-order chi connectivity index (χ0) is 10.1. The van der Waals surface area contributed by atoms with Crippen molar-refractivity contribution in [2.24, 2.45) is 0 Å². The van der Waals surface area contributed by atoms with Gasteiger partial charge < -0.3 is 24.8 Å². The van der Waals surface area contributed by atoms with Crippen molar-refractivity contribution in [1.29, 1.82) is 0 Å². The quantitative estimate of drug-likeness (QED) is 0.570. The number of hydrogen-bond acceptors (Lipinski definition) is 0. The third kappa shape index (κ3) is 12.5. The number of allylic oxidation sites excluding steroid dienone is 4. The van der Waals surface area contributed by atoms with Crippen LogP contribution in [0.25, 0.3) is 0 Å². The summed E-state index contributed by atoms with van der Waals surface area (Å²) in [6.45, 7) is 2.22. The molecule has 1 aromatic rings. The molecule has 17 heavy (non-hydrogen) atoms. The summed E-state index contributed by atoms with van der Waals surface area (Å²) in [6, 6.07) is 10.0. The van der Waals surface area contributed by atoms with E-state index in [2.05, 4.69) is 25.2 Å². The van der Waals surface area contributed by atoms with Crippen molar-refractivity contribution in [2.45, 2.75) is 32.6 Å². The first kappa shape index (κ1) is 22.5. The Labute approximate surface area is 137 Å². The van der Waals surface area contributed by atoms with Crippen LogP contribution in [0.2, 0.25) is 0 Å². The van der Waals surface area contributed by atoms with Gasteiger partial charge in [-0.1, -0.05) is 26.2 Å². The van der Waals surface area contributed by atoms with Gasteiger partial charge in [-0.2, -0.15) is 24.3 Å². The maximum absolute atomic E-state index is 3.30. The molecule has 1 aliphatic carbocycles. The molecule has 2 rings (SSSR count). The SMILES string of the molecule is CCCCC1=[C-]CC=C1.[Cl-].[Cl-].[Zr+4].c1cc[cH-]c1. The Kier molecular flexibility index (Phi) is 21.5. The first-order valence-corrected chi connectivity index (χ1v) is 5.36. The number of hydrogen-bond donors (Lipinski definition) is 0. The van der Waals surface area contributed by atoms with Crippen molar-refractivity contribution in [3.63, 3.8) is 0 Å². The maximum atomic E-state index is 3.30. The van der Waals surface area contributed by atoms with Crippen LogP contribution in [0.15, 0.2) is 48.1 Å². The normalized spacial score (nSPS) is 11.0. The molecular weight excluding hydrogens is 330 g/mol. The molecule has 92 valence electrons. The van der Waals surface area contributed by atoms with Crippen LogP contribution in [0, 0.1) is 6.08 Å². The summed E-state index contributed by atoms with van der Waals surface area (Å²) in [4.78, 5) is 0. The van der Waals surface area contributed by atoms with E-state index in [-0.39, 0.29) is 51.0 Å². The van der Waals surface area contributed by atoms with Crippen molar-refractivity contribution in [3.05, 3.63) is 54.1 Å². The van der Waals surface area contributed by atoms with Crippen LogP contribution >= 0.6 is 0 Å². The van der Waals surface area contributed by atoms with Crippen LogP contribution in [-0.2, 0) is 26.2 Å². The van der Waals surface area contributed by atoms with E-state index in [1.54, 1.807) is 0 Å². The molecule has 3 heteroatoms. The molecule has 0 nitrogen and oxygen atoms in total. The van der Waals surface area contributed by atoms with Gasteiger partial charge in [-0.15, -0.1) is 6.42 Å². The van der Waals surface area contributed by atoms with Gasteiger partial charge in [0.25, 0.3) is 0 Å². The summed E-state index contributed by atoms with van der Waals surface area (Å²) in [5.74, 6) is 0. The summed E-state index contributed by atoms with van der Waals surface area (Å²) in [7, 11) is 0. The van der Waals surface area contributed by atoms with E-state index in [0.717, 1.165) is 6.42 Å². The molecule has 0 aromatic heterocycles. The molecule has 0 N–H and O–H groups in total. The van der Waals surface area contributed by atoms with Gasteiger partial charge in [0.15, 0.2) is 0 Å². The Bertz CT molecular complexity index is 259. The standard InChI is InChI=1S/C9H13.C5H5.2ClH.Zr/c1-2-3-6-9-7-4-5-8-9;1-2-4-5-3-1;;;/h4,7H,2-3,5-6H2,1H3;1-5H;2*1H;/q2*-1;;;+4/p-2. The van der Waals surface area contributed by atoms with Gasteiger partial charge in [-0.25, -0.2) is 23.8 Å². The Morgan fingerprint density at radius 1 is 1.24 bits per heavy atom. The zero-order valence-corrected chi connectivity index (χ0v) is 14.1.